The van der Waals surface area contributed by atoms with E-state index in [-0.39, 0.29) is 5.97 Å². The molecule has 0 radical (unpaired) electrons. The van der Waals surface area contributed by atoms with Gasteiger partial charge in [0, 0.05) is 17.0 Å². The maximum absolute atomic E-state index is 11.9. The highest BCUT2D eigenvalue weighted by Crippen LogP contribution is 2.35. The maximum Gasteiger partial charge on any atom is 0.310 e. The summed E-state index contributed by atoms with van der Waals surface area (Å²) in [5, 5.41) is 4.16. The molecule has 0 amide bonds. The van der Waals surface area contributed by atoms with Gasteiger partial charge in [0.25, 0.3) is 0 Å². The fraction of sp³-hybridized carbons (Fsp3) is 0.350. The van der Waals surface area contributed by atoms with Gasteiger partial charge in [-0.3, -0.25) is 4.79 Å². The van der Waals surface area contributed by atoms with E-state index in [2.05, 4.69) is 11.4 Å². The number of benzene rings is 2. The van der Waals surface area contributed by atoms with Gasteiger partial charge < -0.3 is 10.1 Å². The highest BCUT2D eigenvalue weighted by atomic mass is 35.5. The second kappa shape index (κ2) is 7.37. The van der Waals surface area contributed by atoms with E-state index in [1.165, 1.54) is 11.1 Å². The van der Waals surface area contributed by atoms with Crippen molar-refractivity contribution in [2.45, 2.75) is 33.1 Å². The molecule has 3 rings (SSSR count). The summed E-state index contributed by atoms with van der Waals surface area (Å²) in [5.74, 6) is 0.429. The molecule has 0 fully saturated rings. The van der Waals surface area contributed by atoms with Crippen molar-refractivity contribution < 1.29 is 9.53 Å². The first kappa shape index (κ1) is 17.0. The van der Waals surface area contributed by atoms with Crippen LogP contribution in [0, 0.1) is 6.92 Å². The summed E-state index contributed by atoms with van der Waals surface area (Å²) in [7, 11) is 0. The molecule has 1 N–H and O–H groups in total. The molecule has 0 unspecified atom stereocenters. The zero-order valence-corrected chi connectivity index (χ0v) is 14.9. The van der Waals surface area contributed by atoms with E-state index in [4.69, 9.17) is 16.3 Å². The van der Waals surface area contributed by atoms with Gasteiger partial charge in [-0.2, -0.15) is 0 Å². The van der Waals surface area contributed by atoms with E-state index in [1.807, 2.05) is 38.1 Å². The normalized spacial score (nSPS) is 14.0. The van der Waals surface area contributed by atoms with Crippen molar-refractivity contribution in [3.8, 4) is 16.9 Å². The Bertz CT molecular complexity index is 770. The first-order chi connectivity index (χ1) is 11.6. The van der Waals surface area contributed by atoms with Gasteiger partial charge in [0.05, 0.1) is 0 Å². The van der Waals surface area contributed by atoms with Crippen molar-refractivity contribution in [3.63, 3.8) is 0 Å². The average molecular weight is 344 g/mol. The number of esters is 1. The minimum Gasteiger partial charge on any atom is -0.426 e. The molecular weight excluding hydrogens is 322 g/mol. The molecule has 2 aromatic rings. The second-order valence-electron chi connectivity index (χ2n) is 6.16. The molecule has 1 aliphatic heterocycles. The number of fused-ring (bicyclic) bond motifs is 1. The van der Waals surface area contributed by atoms with Crippen molar-refractivity contribution >= 4 is 17.6 Å². The lowest BCUT2D eigenvalue weighted by Gasteiger charge is -2.15. The highest BCUT2D eigenvalue weighted by molar-refractivity contribution is 6.31. The first-order valence-electron chi connectivity index (χ1n) is 8.42. The average Bonchev–Trinajstić information content (AvgIpc) is 2.81. The number of hydrogen-bond donors (Lipinski definition) is 1. The van der Waals surface area contributed by atoms with Gasteiger partial charge in [0.15, 0.2) is 0 Å². The number of ether oxygens (including phenoxy) is 1. The predicted octanol–water partition coefficient (Wildman–Crippen LogP) is 4.32. The van der Waals surface area contributed by atoms with Crippen LogP contribution in [0.1, 0.15) is 30.0 Å². The summed E-state index contributed by atoms with van der Waals surface area (Å²) in [6.07, 6.45) is 2.29. The van der Waals surface area contributed by atoms with Gasteiger partial charge in [-0.05, 0) is 79.4 Å². The molecule has 0 saturated carbocycles. The molecule has 4 heteroatoms. The SMILES string of the molecule is CCC(=O)Oc1cc2c(cc1-c1ccc(Cl)c(C)c1)CCNCC2. The molecule has 0 saturated heterocycles. The number of hydrogen-bond acceptors (Lipinski definition) is 3. The van der Waals surface area contributed by atoms with Crippen LogP contribution < -0.4 is 10.1 Å². The number of rotatable bonds is 3. The smallest absolute Gasteiger partial charge is 0.310 e. The number of carbonyl (C=O) groups excluding carboxylic acids is 1. The lowest BCUT2D eigenvalue weighted by molar-refractivity contribution is -0.133. The van der Waals surface area contributed by atoms with Crippen molar-refractivity contribution in [2.24, 2.45) is 0 Å². The zero-order valence-electron chi connectivity index (χ0n) is 14.1. The van der Waals surface area contributed by atoms with Gasteiger partial charge in [0.2, 0.25) is 0 Å². The van der Waals surface area contributed by atoms with Gasteiger partial charge in [-0.25, -0.2) is 0 Å². The minimum absolute atomic E-state index is 0.214. The molecule has 0 spiro atoms. The Kier molecular flexibility index (Phi) is 5.22. The molecular formula is C20H22ClNO2. The number of aryl methyl sites for hydroxylation is 1. The third kappa shape index (κ3) is 3.63. The van der Waals surface area contributed by atoms with Gasteiger partial charge in [-0.15, -0.1) is 0 Å². The summed E-state index contributed by atoms with van der Waals surface area (Å²) >= 11 is 6.16. The molecule has 24 heavy (non-hydrogen) atoms. The first-order valence-corrected chi connectivity index (χ1v) is 8.80. The number of carbonyl (C=O) groups is 1. The van der Waals surface area contributed by atoms with Gasteiger partial charge >= 0.3 is 5.97 Å². The Balaban J connectivity index is 2.11. The van der Waals surface area contributed by atoms with E-state index in [0.717, 1.165) is 47.6 Å². The molecule has 126 valence electrons. The molecule has 0 bridgehead atoms. The summed E-state index contributed by atoms with van der Waals surface area (Å²) < 4.78 is 5.63. The van der Waals surface area contributed by atoms with E-state index >= 15 is 0 Å². The Morgan fingerprint density at radius 3 is 2.54 bits per heavy atom. The molecule has 1 heterocycles. The lowest BCUT2D eigenvalue weighted by atomic mass is 9.94. The topological polar surface area (TPSA) is 38.3 Å². The van der Waals surface area contributed by atoms with Crippen LogP contribution in [0.25, 0.3) is 11.1 Å². The van der Waals surface area contributed by atoms with Crippen LogP contribution in [-0.4, -0.2) is 19.1 Å². The molecule has 0 aromatic heterocycles. The molecule has 2 aromatic carbocycles. The van der Waals surface area contributed by atoms with Crippen molar-refractivity contribution in [1.29, 1.82) is 0 Å². The quantitative estimate of drug-likeness (QED) is 0.666. The summed E-state index contributed by atoms with van der Waals surface area (Å²) in [4.78, 5) is 11.9. The highest BCUT2D eigenvalue weighted by Gasteiger charge is 2.16. The van der Waals surface area contributed by atoms with Crippen LogP contribution in [0.3, 0.4) is 0 Å². The summed E-state index contributed by atoms with van der Waals surface area (Å²) in [6.45, 7) is 5.71. The van der Waals surface area contributed by atoms with E-state index in [0.29, 0.717) is 12.2 Å². The Hall–Kier alpha value is -1.84. The van der Waals surface area contributed by atoms with Crippen LogP contribution in [-0.2, 0) is 17.6 Å². The number of halogens is 1. The Morgan fingerprint density at radius 1 is 1.17 bits per heavy atom. The fourth-order valence-electron chi connectivity index (χ4n) is 3.02. The summed E-state index contributed by atoms with van der Waals surface area (Å²) in [6, 6.07) is 10.1. The third-order valence-electron chi connectivity index (χ3n) is 4.43. The van der Waals surface area contributed by atoms with Crippen LogP contribution >= 0.6 is 11.6 Å². The minimum atomic E-state index is -0.214. The van der Waals surface area contributed by atoms with Crippen molar-refractivity contribution in [3.05, 3.63) is 52.0 Å². The monoisotopic (exact) mass is 343 g/mol. The second-order valence-corrected chi connectivity index (χ2v) is 6.57. The lowest BCUT2D eigenvalue weighted by Crippen LogP contribution is -2.16. The van der Waals surface area contributed by atoms with Crippen LogP contribution in [0.2, 0.25) is 5.02 Å². The number of nitrogens with one attached hydrogen (secondary N) is 1. The summed E-state index contributed by atoms with van der Waals surface area (Å²) in [5.41, 5.74) is 5.57. The maximum atomic E-state index is 11.9. The molecule has 0 aliphatic carbocycles. The standard InChI is InChI=1S/C20H22ClNO2/c1-3-20(23)24-19-12-15-7-9-22-8-6-14(15)11-17(19)16-4-5-18(21)13(2)10-16/h4-5,10-12,22H,3,6-9H2,1-2H3. The van der Waals surface area contributed by atoms with Gasteiger partial charge in [0.1, 0.15) is 5.75 Å². The van der Waals surface area contributed by atoms with Gasteiger partial charge in [-0.1, -0.05) is 24.6 Å². The van der Waals surface area contributed by atoms with E-state index in [9.17, 15) is 4.79 Å². The van der Waals surface area contributed by atoms with Crippen molar-refractivity contribution in [2.75, 3.05) is 13.1 Å². The zero-order chi connectivity index (χ0) is 17.1. The molecule has 3 nitrogen and oxygen atoms in total. The Morgan fingerprint density at radius 2 is 1.88 bits per heavy atom. The molecule has 0 atom stereocenters. The van der Waals surface area contributed by atoms with Crippen molar-refractivity contribution in [1.82, 2.24) is 5.32 Å². The van der Waals surface area contributed by atoms with Crippen LogP contribution in [0.15, 0.2) is 30.3 Å². The Labute approximate surface area is 148 Å². The predicted molar refractivity (Wildman–Crippen MR) is 97.8 cm³/mol. The fourth-order valence-corrected chi connectivity index (χ4v) is 3.14. The van der Waals surface area contributed by atoms with E-state index < -0.39 is 0 Å². The third-order valence-corrected chi connectivity index (χ3v) is 4.85. The van der Waals surface area contributed by atoms with Crippen LogP contribution in [0.5, 0.6) is 5.75 Å². The van der Waals surface area contributed by atoms with E-state index in [1.54, 1.807) is 0 Å². The largest absolute Gasteiger partial charge is 0.426 e. The molecule has 1 aliphatic rings. The van der Waals surface area contributed by atoms with Crippen LogP contribution in [0.4, 0.5) is 0 Å².